The van der Waals surface area contributed by atoms with Crippen molar-refractivity contribution in [2.75, 3.05) is 12.9 Å². The summed E-state index contributed by atoms with van der Waals surface area (Å²) < 4.78 is 5.55. The summed E-state index contributed by atoms with van der Waals surface area (Å²) in [5.41, 5.74) is 6.90. The predicted octanol–water partition coefficient (Wildman–Crippen LogP) is 3.83. The third kappa shape index (κ3) is 8.59. The maximum absolute atomic E-state index is 11.7. The number of Topliss-reactive ketones (excluding diaryl/α,β-unsaturated/α-hetero) is 1. The Morgan fingerprint density at radius 2 is 1.76 bits per heavy atom. The molecule has 0 aliphatic carbocycles. The molecule has 1 aliphatic rings. The molecule has 33 heavy (non-hydrogen) atoms. The number of ketones is 1. The highest BCUT2D eigenvalue weighted by Gasteiger charge is 2.40. The third-order valence-electron chi connectivity index (χ3n) is 5.68. The molecule has 1 heterocycles. The largest absolute Gasteiger partial charge is 0.458 e. The van der Waals surface area contributed by atoms with Crippen LogP contribution >= 0.6 is 11.8 Å². The Balaban J connectivity index is 0.000000245. The number of aliphatic hydroxyl groups excluding tert-OH is 2. The first-order valence-corrected chi connectivity index (χ1v) is 12.5. The van der Waals surface area contributed by atoms with Crippen molar-refractivity contribution in [3.8, 4) is 0 Å². The van der Waals surface area contributed by atoms with Gasteiger partial charge >= 0.3 is 5.97 Å². The topological polar surface area (TPSA) is 110 Å². The van der Waals surface area contributed by atoms with Gasteiger partial charge < -0.3 is 20.7 Å². The molecular formula is C26H35NO5S. The van der Waals surface area contributed by atoms with E-state index >= 15 is 0 Å². The van der Waals surface area contributed by atoms with E-state index in [0.717, 1.165) is 36.1 Å². The number of thioether (sulfide) groups is 1. The predicted molar refractivity (Wildman–Crippen MR) is 131 cm³/mol. The average molecular weight is 474 g/mol. The molecular weight excluding hydrogens is 438 g/mol. The second-order valence-electron chi connectivity index (χ2n) is 8.35. The number of rotatable bonds is 9. The van der Waals surface area contributed by atoms with Gasteiger partial charge in [-0.05, 0) is 48.8 Å². The molecule has 0 radical (unpaired) electrons. The third-order valence-corrected chi connectivity index (χ3v) is 6.43. The van der Waals surface area contributed by atoms with Crippen molar-refractivity contribution < 1.29 is 24.5 Å². The zero-order valence-electron chi connectivity index (χ0n) is 19.4. The van der Waals surface area contributed by atoms with Gasteiger partial charge in [-0.15, -0.1) is 11.8 Å². The van der Waals surface area contributed by atoms with E-state index in [0.29, 0.717) is 6.42 Å². The zero-order valence-corrected chi connectivity index (χ0v) is 20.2. The number of carbonyl (C=O) groups is 2. The smallest absolute Gasteiger partial charge is 0.313 e. The molecule has 2 aromatic rings. The summed E-state index contributed by atoms with van der Waals surface area (Å²) in [6.07, 6.45) is 4.74. The Labute approximate surface area is 200 Å². The van der Waals surface area contributed by atoms with Crippen LogP contribution in [0.2, 0.25) is 0 Å². The first-order chi connectivity index (χ1) is 15.8. The summed E-state index contributed by atoms with van der Waals surface area (Å²) in [6, 6.07) is 17.0. The Morgan fingerprint density at radius 1 is 1.09 bits per heavy atom. The monoisotopic (exact) mass is 473 g/mol. The number of hydrogen-bond acceptors (Lipinski definition) is 7. The Morgan fingerprint density at radius 3 is 2.30 bits per heavy atom. The molecule has 2 aromatic carbocycles. The van der Waals surface area contributed by atoms with Crippen LogP contribution in [-0.4, -0.2) is 46.5 Å². The van der Waals surface area contributed by atoms with E-state index < -0.39 is 17.7 Å². The molecule has 1 saturated heterocycles. The minimum Gasteiger partial charge on any atom is -0.458 e. The summed E-state index contributed by atoms with van der Waals surface area (Å²) in [5, 5.41) is 18.4. The molecule has 3 rings (SSSR count). The van der Waals surface area contributed by atoms with Crippen LogP contribution in [0, 0.1) is 0 Å². The maximum atomic E-state index is 11.7. The molecule has 6 nitrogen and oxygen atoms in total. The van der Waals surface area contributed by atoms with E-state index in [-0.39, 0.29) is 24.8 Å². The number of benzene rings is 2. The number of ether oxygens (including phenoxy) is 1. The van der Waals surface area contributed by atoms with Crippen LogP contribution in [0.5, 0.6) is 0 Å². The zero-order chi connectivity index (χ0) is 24.3. The van der Waals surface area contributed by atoms with Gasteiger partial charge in [0.25, 0.3) is 0 Å². The highest BCUT2D eigenvalue weighted by atomic mass is 32.2. The molecule has 0 unspecified atom stereocenters. The molecule has 0 spiro atoms. The number of hydrogen-bond donors (Lipinski definition) is 3. The summed E-state index contributed by atoms with van der Waals surface area (Å²) >= 11 is 1.64. The lowest BCUT2D eigenvalue weighted by Gasteiger charge is -2.36. The Bertz CT molecular complexity index is 856. The Hall–Kier alpha value is -2.19. The number of esters is 1. The molecule has 0 amide bonds. The molecule has 180 valence electrons. The Kier molecular flexibility index (Phi) is 11.1. The molecule has 1 aliphatic heterocycles. The van der Waals surface area contributed by atoms with Crippen LogP contribution in [-0.2, 0) is 20.7 Å². The van der Waals surface area contributed by atoms with E-state index in [1.165, 1.54) is 5.56 Å². The van der Waals surface area contributed by atoms with Crippen molar-refractivity contribution in [1.29, 1.82) is 0 Å². The standard InChI is InChI=1S/C16H20O3.C10H15NO2S/c1-2-9-16(12-14(17)11-15(18)19-16)10-8-13-6-4-3-5-7-13;1-14-8-4-2-7(3-5-8)10(13)9(11)6-12/h3-7H,2,8-12H2,1H3;2-5,9-10,12-13H,6,11H2,1H3/t16-;9-,10-/m10/s1. The van der Waals surface area contributed by atoms with E-state index in [4.69, 9.17) is 15.6 Å². The van der Waals surface area contributed by atoms with E-state index in [1.54, 1.807) is 11.8 Å². The minimum absolute atomic E-state index is 0.0118. The van der Waals surface area contributed by atoms with Crippen LogP contribution in [0.15, 0.2) is 59.5 Å². The van der Waals surface area contributed by atoms with Crippen molar-refractivity contribution >= 4 is 23.5 Å². The molecule has 0 aromatic heterocycles. The molecule has 4 N–H and O–H groups in total. The summed E-state index contributed by atoms with van der Waals surface area (Å²) in [7, 11) is 0. The van der Waals surface area contributed by atoms with Gasteiger partial charge in [-0.3, -0.25) is 9.59 Å². The van der Waals surface area contributed by atoms with Crippen LogP contribution in [0.25, 0.3) is 0 Å². The lowest BCUT2D eigenvalue weighted by molar-refractivity contribution is -0.172. The van der Waals surface area contributed by atoms with Gasteiger partial charge in [0, 0.05) is 11.3 Å². The summed E-state index contributed by atoms with van der Waals surface area (Å²) in [5.74, 6) is -0.351. The highest BCUT2D eigenvalue weighted by molar-refractivity contribution is 7.98. The fourth-order valence-electron chi connectivity index (χ4n) is 3.92. The lowest BCUT2D eigenvalue weighted by Crippen LogP contribution is -2.43. The molecule has 0 bridgehead atoms. The number of aryl methyl sites for hydroxylation is 1. The fraction of sp³-hybridized carbons (Fsp3) is 0.462. The van der Waals surface area contributed by atoms with Crippen molar-refractivity contribution in [2.45, 2.75) is 68.1 Å². The maximum Gasteiger partial charge on any atom is 0.313 e. The first-order valence-electron chi connectivity index (χ1n) is 11.3. The first kappa shape index (κ1) is 27.1. The second kappa shape index (κ2) is 13.5. The molecule has 3 atom stereocenters. The minimum atomic E-state index is -0.795. The fourth-order valence-corrected chi connectivity index (χ4v) is 4.33. The lowest BCUT2D eigenvalue weighted by atomic mass is 9.83. The SMILES string of the molecule is CCC[C@@]1(CCc2ccccc2)CC(=O)CC(=O)O1.CSc1ccc([C@H](O)[C@@H](N)CO)cc1. The summed E-state index contributed by atoms with van der Waals surface area (Å²) in [6.45, 7) is 1.84. The van der Waals surface area contributed by atoms with Crippen molar-refractivity contribution in [3.05, 3.63) is 65.7 Å². The number of nitrogens with two attached hydrogens (primary N) is 1. The van der Waals surface area contributed by atoms with Crippen LogP contribution in [0.3, 0.4) is 0 Å². The van der Waals surface area contributed by atoms with Crippen LogP contribution < -0.4 is 5.73 Å². The van der Waals surface area contributed by atoms with Crippen molar-refractivity contribution in [1.82, 2.24) is 0 Å². The van der Waals surface area contributed by atoms with Gasteiger partial charge in [-0.25, -0.2) is 0 Å². The van der Waals surface area contributed by atoms with Gasteiger partial charge in [0.15, 0.2) is 0 Å². The molecule has 0 saturated carbocycles. The van der Waals surface area contributed by atoms with Gasteiger partial charge in [0.2, 0.25) is 0 Å². The number of cyclic esters (lactones) is 1. The van der Waals surface area contributed by atoms with Gasteiger partial charge in [0.05, 0.1) is 18.8 Å². The quantitative estimate of drug-likeness (QED) is 0.288. The molecule has 1 fully saturated rings. The van der Waals surface area contributed by atoms with Crippen LogP contribution in [0.1, 0.15) is 56.3 Å². The second-order valence-corrected chi connectivity index (χ2v) is 9.23. The number of carbonyl (C=O) groups excluding carboxylic acids is 2. The van der Waals surface area contributed by atoms with Crippen molar-refractivity contribution in [3.63, 3.8) is 0 Å². The highest BCUT2D eigenvalue weighted by Crippen LogP contribution is 2.33. The number of aliphatic hydroxyl groups is 2. The van der Waals surface area contributed by atoms with Gasteiger partial charge in [0.1, 0.15) is 17.8 Å². The summed E-state index contributed by atoms with van der Waals surface area (Å²) in [4.78, 5) is 24.3. The average Bonchev–Trinajstić information content (AvgIpc) is 2.82. The van der Waals surface area contributed by atoms with E-state index in [9.17, 15) is 14.7 Å². The van der Waals surface area contributed by atoms with Gasteiger partial charge in [-0.2, -0.15) is 0 Å². The van der Waals surface area contributed by atoms with Gasteiger partial charge in [-0.1, -0.05) is 55.8 Å². The van der Waals surface area contributed by atoms with Crippen LogP contribution in [0.4, 0.5) is 0 Å². The van der Waals surface area contributed by atoms with Crippen molar-refractivity contribution in [2.24, 2.45) is 5.73 Å². The normalized spacial score (nSPS) is 19.8. The molecule has 7 heteroatoms. The van der Waals surface area contributed by atoms with E-state index in [2.05, 4.69) is 19.1 Å². The van der Waals surface area contributed by atoms with E-state index in [1.807, 2.05) is 48.7 Å².